The molecule has 0 saturated carbocycles. The van der Waals surface area contributed by atoms with Gasteiger partial charge >= 0.3 is 0 Å². The molecule has 10 heteroatoms. The Balaban J connectivity index is 2.10. The van der Waals surface area contributed by atoms with Crippen LogP contribution in [0.4, 0.5) is 4.39 Å². The van der Waals surface area contributed by atoms with Crippen LogP contribution in [0.3, 0.4) is 0 Å². The van der Waals surface area contributed by atoms with E-state index in [1.54, 1.807) is 37.5 Å². The van der Waals surface area contributed by atoms with Crippen LogP contribution in [0.5, 0.6) is 0 Å². The van der Waals surface area contributed by atoms with Gasteiger partial charge in [0.2, 0.25) is 0 Å². The highest BCUT2D eigenvalue weighted by atomic mass is 32.2. The van der Waals surface area contributed by atoms with Crippen molar-refractivity contribution in [1.29, 1.82) is 0 Å². The molecule has 0 aliphatic carbocycles. The number of aryl methyl sites for hydroxylation is 1. The predicted octanol–water partition coefficient (Wildman–Crippen LogP) is 5.30. The second-order valence-corrected chi connectivity index (χ2v) is 11.7. The summed E-state index contributed by atoms with van der Waals surface area (Å²) < 4.78 is 50.2. The number of rotatable bonds is 12. The van der Waals surface area contributed by atoms with Gasteiger partial charge in [-0.2, -0.15) is 0 Å². The van der Waals surface area contributed by atoms with Crippen molar-refractivity contribution < 1.29 is 17.5 Å². The van der Waals surface area contributed by atoms with Crippen molar-refractivity contribution in [1.82, 2.24) is 24.7 Å². The second kappa shape index (κ2) is 11.9. The van der Waals surface area contributed by atoms with Crippen LogP contribution in [0.25, 0.3) is 11.8 Å². The lowest BCUT2D eigenvalue weighted by Gasteiger charge is -2.25. The number of allylic oxidation sites excluding steroid dienone is 1. The first kappa shape index (κ1) is 28.3. The largest absolute Gasteiger partial charge is 0.366 e. The number of nitrogens with zero attached hydrogens (tertiary/aromatic N) is 5. The van der Waals surface area contributed by atoms with Crippen LogP contribution in [-0.4, -0.2) is 44.5 Å². The molecule has 0 bridgehead atoms. The summed E-state index contributed by atoms with van der Waals surface area (Å²) in [5, 5.41) is 7.47. The topological polar surface area (TPSA) is 99.9 Å². The maximum absolute atomic E-state index is 15.2. The van der Waals surface area contributed by atoms with Gasteiger partial charge in [-0.15, -0.1) is 16.8 Å². The molecule has 0 aliphatic rings. The minimum Gasteiger partial charge on any atom is -0.366 e. The van der Waals surface area contributed by atoms with Gasteiger partial charge in [-0.1, -0.05) is 37.8 Å². The van der Waals surface area contributed by atoms with Gasteiger partial charge in [0.05, 0.1) is 17.0 Å². The highest BCUT2D eigenvalue weighted by Gasteiger charge is 2.36. The fourth-order valence-corrected chi connectivity index (χ4v) is 5.37. The fraction of sp³-hybridized carbons (Fsp3) is 0.407. The lowest BCUT2D eigenvalue weighted by Crippen LogP contribution is -2.32. The smallest absolute Gasteiger partial charge is 0.163 e. The number of aromatic nitrogens is 5. The molecule has 0 aliphatic heterocycles. The van der Waals surface area contributed by atoms with Crippen molar-refractivity contribution in [2.45, 2.75) is 70.2 Å². The van der Waals surface area contributed by atoms with Crippen molar-refractivity contribution in [3.8, 4) is 5.69 Å². The fourth-order valence-electron chi connectivity index (χ4n) is 4.00. The SMILES string of the molecule is C=CC[C@@H](C)c1nnc(CS(=O)(=O)[C@@H](C)[C@@H](OC(C)C)c2ncc(C)cn2)n1-c1c(F)cccc1C=C. The number of hydrogen-bond acceptors (Lipinski definition) is 7. The van der Waals surface area contributed by atoms with Gasteiger partial charge < -0.3 is 4.74 Å². The van der Waals surface area contributed by atoms with Crippen LogP contribution in [0.1, 0.15) is 74.7 Å². The molecule has 3 aromatic rings. The maximum Gasteiger partial charge on any atom is 0.163 e. The third kappa shape index (κ3) is 6.37. The van der Waals surface area contributed by atoms with Crippen molar-refractivity contribution in [2.75, 3.05) is 0 Å². The van der Waals surface area contributed by atoms with E-state index in [0.717, 1.165) is 5.56 Å². The van der Waals surface area contributed by atoms with Crippen LogP contribution in [0, 0.1) is 12.7 Å². The van der Waals surface area contributed by atoms with E-state index in [2.05, 4.69) is 33.3 Å². The molecule has 0 N–H and O–H groups in total. The number of ether oxygens (including phenoxy) is 1. The zero-order valence-corrected chi connectivity index (χ0v) is 22.7. The molecular weight excluding hydrogens is 493 g/mol. The zero-order chi connectivity index (χ0) is 27.3. The van der Waals surface area contributed by atoms with E-state index in [-0.39, 0.29) is 29.4 Å². The van der Waals surface area contributed by atoms with Crippen molar-refractivity contribution in [3.05, 3.63) is 84.2 Å². The van der Waals surface area contributed by atoms with Crippen LogP contribution < -0.4 is 0 Å². The van der Waals surface area contributed by atoms with Crippen LogP contribution >= 0.6 is 0 Å². The lowest BCUT2D eigenvalue weighted by atomic mass is 10.1. The summed E-state index contributed by atoms with van der Waals surface area (Å²) in [5.74, 6) is -0.405. The lowest BCUT2D eigenvalue weighted by molar-refractivity contribution is 0.00141. The first-order valence-electron chi connectivity index (χ1n) is 12.1. The highest BCUT2D eigenvalue weighted by Crippen LogP contribution is 2.31. The molecular formula is C27H34FN5O3S. The standard InChI is InChI=1S/C27H34FN5O3S/c1-8-11-19(6)27-32-31-23(33(27)24-21(9-2)12-10-13-22(24)28)16-37(34,35)20(7)25(36-17(3)4)26-29-14-18(5)15-30-26/h8-10,12-15,17,19-20,25H,1-2,11,16H2,3-7H3/t19-,20+,25-/m1/s1. The van der Waals surface area contributed by atoms with Gasteiger partial charge in [0.25, 0.3) is 0 Å². The molecule has 3 rings (SSSR count). The summed E-state index contributed by atoms with van der Waals surface area (Å²) in [4.78, 5) is 8.63. The number of benzene rings is 1. The maximum atomic E-state index is 15.2. The average Bonchev–Trinajstić information content (AvgIpc) is 3.24. The summed E-state index contributed by atoms with van der Waals surface area (Å²) in [7, 11) is -3.90. The monoisotopic (exact) mass is 527 g/mol. The van der Waals surface area contributed by atoms with Crippen LogP contribution in [-0.2, 0) is 20.3 Å². The van der Waals surface area contributed by atoms with E-state index < -0.39 is 32.8 Å². The molecule has 2 heterocycles. The molecule has 8 nitrogen and oxygen atoms in total. The molecule has 0 radical (unpaired) electrons. The molecule has 0 saturated heterocycles. The Hall–Kier alpha value is -3.24. The second-order valence-electron chi connectivity index (χ2n) is 9.35. The Morgan fingerprint density at radius 2 is 1.78 bits per heavy atom. The first-order valence-corrected chi connectivity index (χ1v) is 13.8. The van der Waals surface area contributed by atoms with Crippen molar-refractivity contribution in [2.24, 2.45) is 0 Å². The summed E-state index contributed by atoms with van der Waals surface area (Å²) in [6.45, 7) is 16.5. The Morgan fingerprint density at radius 1 is 1.11 bits per heavy atom. The molecule has 3 atom stereocenters. The van der Waals surface area contributed by atoms with Gasteiger partial charge in [0.15, 0.2) is 21.5 Å². The molecule has 0 unspecified atom stereocenters. The summed E-state index contributed by atoms with van der Waals surface area (Å²) in [6, 6.07) is 4.59. The molecule has 0 spiro atoms. The van der Waals surface area contributed by atoms with Crippen LogP contribution in [0.2, 0.25) is 0 Å². The molecule has 1 aromatic carbocycles. The number of halogens is 1. The van der Waals surface area contributed by atoms with Gasteiger partial charge in [0.1, 0.15) is 23.5 Å². The minimum atomic E-state index is -3.90. The predicted molar refractivity (Wildman–Crippen MR) is 142 cm³/mol. The molecule has 0 fully saturated rings. The van der Waals surface area contributed by atoms with Gasteiger partial charge in [0, 0.05) is 23.9 Å². The van der Waals surface area contributed by atoms with E-state index in [1.807, 2.05) is 27.7 Å². The van der Waals surface area contributed by atoms with Gasteiger partial charge in [-0.3, -0.25) is 4.57 Å². The van der Waals surface area contributed by atoms with Crippen LogP contribution in [0.15, 0.2) is 49.8 Å². The average molecular weight is 528 g/mol. The third-order valence-corrected chi connectivity index (χ3v) is 8.02. The molecule has 198 valence electrons. The Bertz CT molecular complexity index is 1350. The van der Waals surface area contributed by atoms with E-state index in [4.69, 9.17) is 4.74 Å². The van der Waals surface area contributed by atoms with Crippen molar-refractivity contribution >= 4 is 15.9 Å². The Kier molecular flexibility index (Phi) is 9.09. The van der Waals surface area contributed by atoms with Gasteiger partial charge in [-0.25, -0.2) is 22.8 Å². The summed E-state index contributed by atoms with van der Waals surface area (Å²) in [5.41, 5.74) is 1.50. The molecule has 2 aromatic heterocycles. The van der Waals surface area contributed by atoms with Crippen molar-refractivity contribution in [3.63, 3.8) is 0 Å². The highest BCUT2D eigenvalue weighted by molar-refractivity contribution is 7.91. The molecule has 0 amide bonds. The number of hydrogen-bond donors (Lipinski definition) is 0. The number of sulfone groups is 1. The molecule has 37 heavy (non-hydrogen) atoms. The first-order chi connectivity index (χ1) is 17.5. The minimum absolute atomic E-state index is 0.0964. The quantitative estimate of drug-likeness (QED) is 0.295. The number of para-hydroxylation sites is 1. The summed E-state index contributed by atoms with van der Waals surface area (Å²) >= 11 is 0. The Morgan fingerprint density at radius 3 is 2.38 bits per heavy atom. The zero-order valence-electron chi connectivity index (χ0n) is 21.9. The van der Waals surface area contributed by atoms with Gasteiger partial charge in [-0.05, 0) is 45.7 Å². The van der Waals surface area contributed by atoms with E-state index >= 15 is 4.39 Å². The van der Waals surface area contributed by atoms with E-state index in [0.29, 0.717) is 17.8 Å². The summed E-state index contributed by atoms with van der Waals surface area (Å²) in [6.07, 6.45) is 5.87. The third-order valence-electron chi connectivity index (χ3n) is 5.97. The normalized spacial score (nSPS) is 14.4. The van der Waals surface area contributed by atoms with E-state index in [9.17, 15) is 8.42 Å². The van der Waals surface area contributed by atoms with E-state index in [1.165, 1.54) is 16.7 Å². The Labute approximate surface area is 218 Å².